The predicted molar refractivity (Wildman–Crippen MR) is 71.7 cm³/mol. The number of likely N-dealkylation sites (N-methyl/N-ethyl adjacent to an activating group) is 1. The lowest BCUT2D eigenvalue weighted by molar-refractivity contribution is 0.0528. The minimum atomic E-state index is -0.145. The standard InChI is InChI=1S/C12H17ClN4O/c1-8-7-16(2)5-6-17(8)12(18)11-9(13)3-4-10(14)15-11/h3-4,8H,5-7H2,1-2H3,(H2,14,15). The Balaban J connectivity index is 2.23. The Morgan fingerprint density at radius 3 is 2.89 bits per heavy atom. The fourth-order valence-corrected chi connectivity index (χ4v) is 2.37. The minimum absolute atomic E-state index is 0.145. The molecule has 1 fully saturated rings. The third-order valence-electron chi connectivity index (χ3n) is 3.16. The van der Waals surface area contributed by atoms with Gasteiger partial charge in [-0.3, -0.25) is 4.79 Å². The van der Waals surface area contributed by atoms with E-state index in [1.165, 1.54) is 0 Å². The molecule has 1 aliphatic heterocycles. The van der Waals surface area contributed by atoms with Crippen LogP contribution in [0.4, 0.5) is 5.82 Å². The van der Waals surface area contributed by atoms with Crippen LogP contribution in [0, 0.1) is 0 Å². The molecule has 1 unspecified atom stereocenters. The third kappa shape index (κ3) is 2.57. The second-order valence-electron chi connectivity index (χ2n) is 4.68. The first-order valence-corrected chi connectivity index (χ1v) is 6.28. The molecule has 0 aliphatic carbocycles. The molecule has 0 radical (unpaired) electrons. The second kappa shape index (κ2) is 5.12. The molecule has 6 heteroatoms. The van der Waals surface area contributed by atoms with Gasteiger partial charge in [-0.2, -0.15) is 0 Å². The summed E-state index contributed by atoms with van der Waals surface area (Å²) in [5.41, 5.74) is 5.85. The number of carbonyl (C=O) groups is 1. The van der Waals surface area contributed by atoms with Crippen LogP contribution in [0.5, 0.6) is 0 Å². The highest BCUT2D eigenvalue weighted by Gasteiger charge is 2.28. The van der Waals surface area contributed by atoms with Crippen molar-refractivity contribution in [3.8, 4) is 0 Å². The number of carbonyl (C=O) groups excluding carboxylic acids is 1. The third-order valence-corrected chi connectivity index (χ3v) is 3.47. The molecule has 0 spiro atoms. The van der Waals surface area contributed by atoms with E-state index in [-0.39, 0.29) is 17.6 Å². The number of aromatic nitrogens is 1. The van der Waals surface area contributed by atoms with E-state index in [9.17, 15) is 4.79 Å². The van der Waals surface area contributed by atoms with E-state index in [0.29, 0.717) is 17.4 Å². The largest absolute Gasteiger partial charge is 0.384 e. The van der Waals surface area contributed by atoms with E-state index in [0.717, 1.165) is 13.1 Å². The summed E-state index contributed by atoms with van der Waals surface area (Å²) >= 11 is 6.01. The van der Waals surface area contributed by atoms with Crippen molar-refractivity contribution in [2.75, 3.05) is 32.4 Å². The van der Waals surface area contributed by atoms with Crippen molar-refractivity contribution in [1.82, 2.24) is 14.8 Å². The first-order valence-electron chi connectivity index (χ1n) is 5.90. The Kier molecular flexibility index (Phi) is 3.73. The fourth-order valence-electron chi connectivity index (χ4n) is 2.18. The molecule has 2 rings (SSSR count). The molecule has 1 atom stereocenters. The summed E-state index contributed by atoms with van der Waals surface area (Å²) in [5, 5.41) is 0.348. The molecular formula is C12H17ClN4O. The van der Waals surface area contributed by atoms with Crippen LogP contribution in [0.1, 0.15) is 17.4 Å². The molecule has 98 valence electrons. The summed E-state index contributed by atoms with van der Waals surface area (Å²) in [6.45, 7) is 4.42. The number of nitrogen functional groups attached to an aromatic ring is 1. The van der Waals surface area contributed by atoms with Gasteiger partial charge in [0.05, 0.1) is 5.02 Å². The molecule has 5 nitrogen and oxygen atoms in total. The molecule has 1 aromatic heterocycles. The topological polar surface area (TPSA) is 62.5 Å². The van der Waals surface area contributed by atoms with Crippen LogP contribution < -0.4 is 5.73 Å². The van der Waals surface area contributed by atoms with E-state index in [4.69, 9.17) is 17.3 Å². The molecule has 18 heavy (non-hydrogen) atoms. The van der Waals surface area contributed by atoms with Gasteiger partial charge in [-0.15, -0.1) is 0 Å². The Morgan fingerprint density at radius 1 is 1.50 bits per heavy atom. The molecule has 1 aromatic rings. The van der Waals surface area contributed by atoms with Gasteiger partial charge in [-0.25, -0.2) is 4.98 Å². The summed E-state index contributed by atoms with van der Waals surface area (Å²) in [6.07, 6.45) is 0. The van der Waals surface area contributed by atoms with Gasteiger partial charge < -0.3 is 15.5 Å². The number of halogens is 1. The number of pyridine rings is 1. The summed E-state index contributed by atoms with van der Waals surface area (Å²) < 4.78 is 0. The van der Waals surface area contributed by atoms with Crippen molar-refractivity contribution in [3.63, 3.8) is 0 Å². The number of piperazine rings is 1. The monoisotopic (exact) mass is 268 g/mol. The number of amides is 1. The van der Waals surface area contributed by atoms with Gasteiger partial charge in [0.25, 0.3) is 5.91 Å². The highest BCUT2D eigenvalue weighted by molar-refractivity contribution is 6.33. The van der Waals surface area contributed by atoms with Crippen LogP contribution >= 0.6 is 11.6 Å². The van der Waals surface area contributed by atoms with E-state index < -0.39 is 0 Å². The van der Waals surface area contributed by atoms with Crippen LogP contribution in [0.25, 0.3) is 0 Å². The van der Waals surface area contributed by atoms with Crippen molar-refractivity contribution in [2.24, 2.45) is 0 Å². The average molecular weight is 269 g/mol. The van der Waals surface area contributed by atoms with Crippen LogP contribution in [-0.4, -0.2) is 53.4 Å². The minimum Gasteiger partial charge on any atom is -0.384 e. The van der Waals surface area contributed by atoms with E-state index >= 15 is 0 Å². The summed E-state index contributed by atoms with van der Waals surface area (Å²) in [5.74, 6) is 0.164. The SMILES string of the molecule is CC1CN(C)CCN1C(=O)c1nc(N)ccc1Cl. The lowest BCUT2D eigenvalue weighted by Crippen LogP contribution is -2.52. The van der Waals surface area contributed by atoms with Crippen molar-refractivity contribution >= 4 is 23.3 Å². The van der Waals surface area contributed by atoms with Crippen LogP contribution in [-0.2, 0) is 0 Å². The summed E-state index contributed by atoms with van der Waals surface area (Å²) in [7, 11) is 2.05. The molecular weight excluding hydrogens is 252 g/mol. The summed E-state index contributed by atoms with van der Waals surface area (Å²) in [4.78, 5) is 20.4. The predicted octanol–water partition coefficient (Wildman–Crippen LogP) is 1.09. The zero-order valence-electron chi connectivity index (χ0n) is 10.6. The smallest absolute Gasteiger partial charge is 0.274 e. The Bertz CT molecular complexity index is 465. The zero-order chi connectivity index (χ0) is 13.3. The normalized spacial score (nSPS) is 21.1. The maximum absolute atomic E-state index is 12.4. The maximum Gasteiger partial charge on any atom is 0.274 e. The Labute approximate surface area is 112 Å². The lowest BCUT2D eigenvalue weighted by atomic mass is 10.1. The van der Waals surface area contributed by atoms with Crippen LogP contribution in [0.15, 0.2) is 12.1 Å². The maximum atomic E-state index is 12.4. The Morgan fingerprint density at radius 2 is 2.22 bits per heavy atom. The zero-order valence-corrected chi connectivity index (χ0v) is 11.3. The molecule has 0 bridgehead atoms. The van der Waals surface area contributed by atoms with Gasteiger partial charge in [0, 0.05) is 25.7 Å². The average Bonchev–Trinajstić information content (AvgIpc) is 2.31. The molecule has 1 aliphatic rings. The number of nitrogens with two attached hydrogens (primary N) is 1. The van der Waals surface area contributed by atoms with Gasteiger partial charge >= 0.3 is 0 Å². The second-order valence-corrected chi connectivity index (χ2v) is 5.08. The molecule has 1 saturated heterocycles. The number of hydrogen-bond donors (Lipinski definition) is 1. The molecule has 0 aromatic carbocycles. The van der Waals surface area contributed by atoms with E-state index in [1.807, 2.05) is 14.0 Å². The Hall–Kier alpha value is -1.33. The first-order chi connectivity index (χ1) is 8.49. The van der Waals surface area contributed by atoms with Crippen molar-refractivity contribution in [3.05, 3.63) is 22.8 Å². The first kappa shape index (κ1) is 13.1. The lowest BCUT2D eigenvalue weighted by Gasteiger charge is -2.38. The van der Waals surface area contributed by atoms with E-state index in [1.54, 1.807) is 17.0 Å². The number of hydrogen-bond acceptors (Lipinski definition) is 4. The molecule has 2 N–H and O–H groups in total. The quantitative estimate of drug-likeness (QED) is 0.828. The van der Waals surface area contributed by atoms with Crippen molar-refractivity contribution in [2.45, 2.75) is 13.0 Å². The van der Waals surface area contributed by atoms with Gasteiger partial charge in [0.1, 0.15) is 11.5 Å². The van der Waals surface area contributed by atoms with Crippen molar-refractivity contribution < 1.29 is 4.79 Å². The van der Waals surface area contributed by atoms with Gasteiger partial charge in [-0.05, 0) is 26.1 Å². The van der Waals surface area contributed by atoms with Gasteiger partial charge in [-0.1, -0.05) is 11.6 Å². The molecule has 2 heterocycles. The number of nitrogens with zero attached hydrogens (tertiary/aromatic N) is 3. The molecule has 0 saturated carbocycles. The highest BCUT2D eigenvalue weighted by atomic mass is 35.5. The fraction of sp³-hybridized carbons (Fsp3) is 0.500. The highest BCUT2D eigenvalue weighted by Crippen LogP contribution is 2.19. The van der Waals surface area contributed by atoms with Gasteiger partial charge in [0.15, 0.2) is 0 Å². The van der Waals surface area contributed by atoms with Crippen LogP contribution in [0.2, 0.25) is 5.02 Å². The van der Waals surface area contributed by atoms with E-state index in [2.05, 4.69) is 9.88 Å². The number of rotatable bonds is 1. The summed E-state index contributed by atoms with van der Waals surface area (Å²) in [6, 6.07) is 3.35. The molecule has 1 amide bonds. The van der Waals surface area contributed by atoms with Crippen LogP contribution in [0.3, 0.4) is 0 Å². The van der Waals surface area contributed by atoms with Crippen molar-refractivity contribution in [1.29, 1.82) is 0 Å². The number of anilines is 1. The van der Waals surface area contributed by atoms with Gasteiger partial charge in [0.2, 0.25) is 0 Å².